The molecule has 3 nitrogen and oxygen atoms in total. The minimum Gasteiger partial charge on any atom is -0.382 e. The summed E-state index contributed by atoms with van der Waals surface area (Å²) in [6.07, 6.45) is 6.50. The maximum atomic E-state index is 4.28. The summed E-state index contributed by atoms with van der Waals surface area (Å²) in [6.45, 7) is 5.47. The fourth-order valence-electron chi connectivity index (χ4n) is 2.41. The van der Waals surface area contributed by atoms with Crippen molar-refractivity contribution in [3.05, 3.63) is 48.3 Å². The number of anilines is 1. The Morgan fingerprint density at radius 3 is 2.79 bits per heavy atom. The van der Waals surface area contributed by atoms with Crippen molar-refractivity contribution in [2.24, 2.45) is 5.41 Å². The van der Waals surface area contributed by atoms with Gasteiger partial charge in [0.15, 0.2) is 0 Å². The zero-order valence-corrected chi connectivity index (χ0v) is 11.6. The number of rotatable bonds is 5. The number of benzene rings is 1. The van der Waals surface area contributed by atoms with Crippen LogP contribution in [0.2, 0.25) is 0 Å². The molecule has 1 aliphatic carbocycles. The average Bonchev–Trinajstić information content (AvgIpc) is 2.96. The van der Waals surface area contributed by atoms with E-state index >= 15 is 0 Å². The molecule has 1 saturated carbocycles. The standard InChI is InChI=1S/C16H21N3/c1-13(16(2)8-9-16)18-15-7-4-3-6-14(15)12-19-11-5-10-17-19/h3-7,10-11,13,18H,8-9,12H2,1-2H3. The van der Waals surface area contributed by atoms with E-state index in [-0.39, 0.29) is 0 Å². The Kier molecular flexibility index (Phi) is 3.05. The predicted octanol–water partition coefficient (Wildman–Crippen LogP) is 3.53. The maximum absolute atomic E-state index is 4.28. The van der Waals surface area contributed by atoms with Gasteiger partial charge in [-0.2, -0.15) is 5.10 Å². The van der Waals surface area contributed by atoms with Crippen molar-refractivity contribution in [3.63, 3.8) is 0 Å². The number of para-hydroxylation sites is 1. The topological polar surface area (TPSA) is 29.9 Å². The molecule has 0 bridgehead atoms. The summed E-state index contributed by atoms with van der Waals surface area (Å²) >= 11 is 0. The van der Waals surface area contributed by atoms with Gasteiger partial charge in [-0.1, -0.05) is 25.1 Å². The lowest BCUT2D eigenvalue weighted by Gasteiger charge is -2.23. The molecule has 3 rings (SSSR count). The van der Waals surface area contributed by atoms with Gasteiger partial charge in [-0.15, -0.1) is 0 Å². The summed E-state index contributed by atoms with van der Waals surface area (Å²) in [5.41, 5.74) is 3.01. The van der Waals surface area contributed by atoms with E-state index in [0.717, 1.165) is 6.54 Å². The molecule has 1 N–H and O–H groups in total. The number of hydrogen-bond donors (Lipinski definition) is 1. The quantitative estimate of drug-likeness (QED) is 0.885. The first-order valence-corrected chi connectivity index (χ1v) is 6.99. The molecule has 0 amide bonds. The van der Waals surface area contributed by atoms with Gasteiger partial charge in [-0.25, -0.2) is 0 Å². The van der Waals surface area contributed by atoms with Crippen LogP contribution in [-0.4, -0.2) is 15.8 Å². The predicted molar refractivity (Wildman–Crippen MR) is 78.2 cm³/mol. The lowest BCUT2D eigenvalue weighted by atomic mass is 10.00. The minimum absolute atomic E-state index is 0.485. The van der Waals surface area contributed by atoms with Crippen LogP contribution in [-0.2, 0) is 6.54 Å². The third kappa shape index (κ3) is 2.65. The number of nitrogens with zero attached hydrogens (tertiary/aromatic N) is 2. The molecule has 1 aromatic carbocycles. The third-order valence-corrected chi connectivity index (χ3v) is 4.36. The molecule has 1 aromatic heterocycles. The highest BCUT2D eigenvalue weighted by atomic mass is 15.3. The van der Waals surface area contributed by atoms with Crippen molar-refractivity contribution in [2.75, 3.05) is 5.32 Å². The van der Waals surface area contributed by atoms with Crippen LogP contribution in [0.3, 0.4) is 0 Å². The highest BCUT2D eigenvalue weighted by molar-refractivity contribution is 5.52. The van der Waals surface area contributed by atoms with E-state index in [4.69, 9.17) is 0 Å². The zero-order chi connectivity index (χ0) is 13.3. The van der Waals surface area contributed by atoms with Crippen molar-refractivity contribution in [2.45, 2.75) is 39.3 Å². The van der Waals surface area contributed by atoms with E-state index in [1.807, 2.05) is 23.1 Å². The first kappa shape index (κ1) is 12.3. The van der Waals surface area contributed by atoms with Crippen molar-refractivity contribution in [1.82, 2.24) is 9.78 Å². The summed E-state index contributed by atoms with van der Waals surface area (Å²) in [4.78, 5) is 0. The molecule has 2 aromatic rings. The van der Waals surface area contributed by atoms with Gasteiger partial charge < -0.3 is 5.32 Å². The van der Waals surface area contributed by atoms with E-state index in [1.54, 1.807) is 0 Å². The molecule has 3 heteroatoms. The molecule has 19 heavy (non-hydrogen) atoms. The first-order chi connectivity index (χ1) is 9.17. The van der Waals surface area contributed by atoms with Crippen LogP contribution in [0.4, 0.5) is 5.69 Å². The molecule has 0 spiro atoms. The molecule has 1 aliphatic rings. The van der Waals surface area contributed by atoms with Gasteiger partial charge in [-0.05, 0) is 42.9 Å². The van der Waals surface area contributed by atoms with Crippen LogP contribution in [0.15, 0.2) is 42.7 Å². The summed E-state index contributed by atoms with van der Waals surface area (Å²) in [7, 11) is 0. The Hall–Kier alpha value is -1.77. The first-order valence-electron chi connectivity index (χ1n) is 6.99. The number of hydrogen-bond acceptors (Lipinski definition) is 2. The van der Waals surface area contributed by atoms with Crippen molar-refractivity contribution in [1.29, 1.82) is 0 Å². The van der Waals surface area contributed by atoms with Crippen LogP contribution in [0.25, 0.3) is 0 Å². The molecule has 0 saturated heterocycles. The Bertz CT molecular complexity index is 541. The van der Waals surface area contributed by atoms with Gasteiger partial charge in [0.1, 0.15) is 0 Å². The van der Waals surface area contributed by atoms with Crippen molar-refractivity contribution in [3.8, 4) is 0 Å². The second-order valence-electron chi connectivity index (χ2n) is 5.88. The molecule has 0 aliphatic heterocycles. The van der Waals surface area contributed by atoms with Crippen LogP contribution in [0.5, 0.6) is 0 Å². The maximum Gasteiger partial charge on any atom is 0.0679 e. The van der Waals surface area contributed by atoms with E-state index in [9.17, 15) is 0 Å². The van der Waals surface area contributed by atoms with Gasteiger partial charge in [0.05, 0.1) is 6.54 Å². The fraction of sp³-hybridized carbons (Fsp3) is 0.438. The number of nitrogens with one attached hydrogen (secondary N) is 1. The van der Waals surface area contributed by atoms with Gasteiger partial charge >= 0.3 is 0 Å². The van der Waals surface area contributed by atoms with E-state index in [1.165, 1.54) is 24.1 Å². The monoisotopic (exact) mass is 255 g/mol. The second-order valence-corrected chi connectivity index (χ2v) is 5.88. The minimum atomic E-state index is 0.485. The van der Waals surface area contributed by atoms with Crippen molar-refractivity contribution < 1.29 is 0 Å². The highest BCUT2D eigenvalue weighted by Crippen LogP contribution is 2.48. The van der Waals surface area contributed by atoms with Gasteiger partial charge in [0.2, 0.25) is 0 Å². The summed E-state index contributed by atoms with van der Waals surface area (Å²) in [5.74, 6) is 0. The Labute approximate surface area is 114 Å². The van der Waals surface area contributed by atoms with E-state index in [0.29, 0.717) is 11.5 Å². The Morgan fingerprint density at radius 1 is 1.32 bits per heavy atom. The molecule has 100 valence electrons. The zero-order valence-electron chi connectivity index (χ0n) is 11.6. The Morgan fingerprint density at radius 2 is 2.11 bits per heavy atom. The molecular formula is C16H21N3. The van der Waals surface area contributed by atoms with Crippen molar-refractivity contribution >= 4 is 5.69 Å². The van der Waals surface area contributed by atoms with E-state index in [2.05, 4.69) is 48.5 Å². The average molecular weight is 255 g/mol. The molecule has 1 atom stereocenters. The largest absolute Gasteiger partial charge is 0.382 e. The van der Waals surface area contributed by atoms with Crippen LogP contribution in [0, 0.1) is 5.41 Å². The fourth-order valence-corrected chi connectivity index (χ4v) is 2.41. The van der Waals surface area contributed by atoms with Crippen LogP contribution in [0.1, 0.15) is 32.3 Å². The number of aromatic nitrogens is 2. The van der Waals surface area contributed by atoms with Gasteiger partial charge in [-0.3, -0.25) is 4.68 Å². The summed E-state index contributed by atoms with van der Waals surface area (Å²) < 4.78 is 1.96. The molecule has 1 fully saturated rings. The van der Waals surface area contributed by atoms with E-state index < -0.39 is 0 Å². The van der Waals surface area contributed by atoms with Crippen LogP contribution < -0.4 is 5.32 Å². The molecule has 0 radical (unpaired) electrons. The van der Waals surface area contributed by atoms with Crippen LogP contribution >= 0.6 is 0 Å². The molecular weight excluding hydrogens is 234 g/mol. The summed E-state index contributed by atoms with van der Waals surface area (Å²) in [5, 5.41) is 7.97. The Balaban J connectivity index is 1.77. The smallest absolute Gasteiger partial charge is 0.0679 e. The normalized spacial score (nSPS) is 18.0. The SMILES string of the molecule is CC(Nc1ccccc1Cn1cccn1)C1(C)CC1. The third-order valence-electron chi connectivity index (χ3n) is 4.36. The molecule has 1 heterocycles. The summed E-state index contributed by atoms with van der Waals surface area (Å²) in [6, 6.07) is 11.0. The second kappa shape index (κ2) is 4.72. The van der Waals surface area contributed by atoms with Gasteiger partial charge in [0.25, 0.3) is 0 Å². The van der Waals surface area contributed by atoms with Gasteiger partial charge in [0, 0.05) is 24.1 Å². The lowest BCUT2D eigenvalue weighted by molar-refractivity contribution is 0.492. The highest BCUT2D eigenvalue weighted by Gasteiger charge is 2.42. The molecule has 1 unspecified atom stereocenters. The lowest BCUT2D eigenvalue weighted by Crippen LogP contribution is -2.25.